The fourth-order valence-corrected chi connectivity index (χ4v) is 6.39. The van der Waals surface area contributed by atoms with Gasteiger partial charge in [-0.1, -0.05) is 30.3 Å². The van der Waals surface area contributed by atoms with Crippen molar-refractivity contribution >= 4 is 26.7 Å². The number of benzene rings is 2. The van der Waals surface area contributed by atoms with Gasteiger partial charge in [-0.25, -0.2) is 24.9 Å². The molecule has 32 heavy (non-hydrogen) atoms. The molecule has 0 bridgehead atoms. The maximum atomic E-state index is 12.7. The van der Waals surface area contributed by atoms with Crippen LogP contribution in [-0.4, -0.2) is 43.8 Å². The molecule has 3 rings (SSSR count). The van der Waals surface area contributed by atoms with Crippen LogP contribution in [-0.2, 0) is 20.8 Å². The zero-order valence-electron chi connectivity index (χ0n) is 17.6. The van der Waals surface area contributed by atoms with Crippen molar-refractivity contribution < 1.29 is 12.6 Å². The molecule has 0 amide bonds. The Morgan fingerprint density at radius 2 is 1.81 bits per heavy atom. The fourth-order valence-electron chi connectivity index (χ4n) is 3.95. The van der Waals surface area contributed by atoms with Crippen LogP contribution in [0.25, 0.3) is 11.1 Å². The van der Waals surface area contributed by atoms with E-state index in [9.17, 15) is 12.6 Å². The minimum Gasteiger partial charge on any atom is -0.382 e. The van der Waals surface area contributed by atoms with E-state index in [0.29, 0.717) is 17.0 Å². The summed E-state index contributed by atoms with van der Waals surface area (Å²) in [6.07, 6.45) is 2.12. The maximum absolute atomic E-state index is 12.7. The Kier molecular flexibility index (Phi) is 7.98. The van der Waals surface area contributed by atoms with Gasteiger partial charge in [0.05, 0.1) is 15.7 Å². The van der Waals surface area contributed by atoms with Crippen LogP contribution in [0, 0.1) is 0 Å². The summed E-state index contributed by atoms with van der Waals surface area (Å²) in [6.45, 7) is 2.07. The van der Waals surface area contributed by atoms with Crippen molar-refractivity contribution in [2.45, 2.75) is 28.6 Å². The third-order valence-electron chi connectivity index (χ3n) is 5.43. The Balaban J connectivity index is 2.19. The third kappa shape index (κ3) is 5.34. The molecule has 0 aromatic heterocycles. The van der Waals surface area contributed by atoms with Crippen molar-refractivity contribution in [1.29, 1.82) is 0 Å². The van der Waals surface area contributed by atoms with E-state index in [-0.39, 0.29) is 33.5 Å². The van der Waals surface area contributed by atoms with Crippen molar-refractivity contribution in [2.24, 2.45) is 27.6 Å². The van der Waals surface area contributed by atoms with Crippen molar-refractivity contribution in [3.8, 4) is 11.1 Å². The van der Waals surface area contributed by atoms with Crippen LogP contribution in [0.15, 0.2) is 51.3 Å². The number of nitrogens with two attached hydrogens (primary N) is 4. The molecule has 1 aliphatic heterocycles. The van der Waals surface area contributed by atoms with Crippen molar-refractivity contribution in [3.63, 3.8) is 0 Å². The lowest BCUT2D eigenvalue weighted by molar-refractivity contribution is 0.460. The molecular weight excluding hydrogens is 450 g/mol. The van der Waals surface area contributed by atoms with Crippen LogP contribution >= 0.6 is 0 Å². The zero-order valence-corrected chi connectivity index (χ0v) is 19.2. The van der Waals surface area contributed by atoms with Gasteiger partial charge >= 0.3 is 0 Å². The molecule has 10 N–H and O–H groups in total. The van der Waals surface area contributed by atoms with Crippen molar-refractivity contribution in [2.75, 3.05) is 25.4 Å². The number of nitrogens with zero attached hydrogens (tertiary/aromatic N) is 1. The molecule has 12 heteroatoms. The number of hydrazine groups is 1. The van der Waals surface area contributed by atoms with E-state index in [1.54, 1.807) is 6.07 Å². The number of rotatable bonds is 8. The smallest absolute Gasteiger partial charge is 0.240 e. The van der Waals surface area contributed by atoms with Crippen LogP contribution in [0.3, 0.4) is 0 Å². The highest BCUT2D eigenvalue weighted by atomic mass is 32.2. The maximum Gasteiger partial charge on any atom is 0.240 e. The molecule has 1 atom stereocenters. The quantitative estimate of drug-likeness (QED) is 0.128. The molecule has 1 saturated heterocycles. The Bertz CT molecular complexity index is 1110. The summed E-state index contributed by atoms with van der Waals surface area (Å²) in [6, 6.07) is 11.0. The SMILES string of the molecule is NCCS(=O)c1ccc(-c2ccc(C3CCNCC3)cc2)c(/C(N)=N/NN)c1S(N)(=O)=O. The lowest BCUT2D eigenvalue weighted by Crippen LogP contribution is -2.28. The van der Waals surface area contributed by atoms with Gasteiger partial charge in [-0.15, -0.1) is 5.10 Å². The summed E-state index contributed by atoms with van der Waals surface area (Å²) in [7, 11) is -6.01. The van der Waals surface area contributed by atoms with Gasteiger partial charge < -0.3 is 16.8 Å². The first-order chi connectivity index (χ1) is 15.3. The number of hydrogen-bond acceptors (Lipinski definition) is 8. The molecule has 1 heterocycles. The minimum atomic E-state index is -4.32. The number of piperidine rings is 1. The van der Waals surface area contributed by atoms with E-state index in [0.717, 1.165) is 25.9 Å². The van der Waals surface area contributed by atoms with Crippen LogP contribution in [0.4, 0.5) is 0 Å². The number of sulfonamides is 1. The number of hydrazone groups is 1. The lowest BCUT2D eigenvalue weighted by atomic mass is 9.88. The number of nitrogens with one attached hydrogen (secondary N) is 2. The normalized spacial score (nSPS) is 16.7. The second kappa shape index (κ2) is 10.5. The standard InChI is InChI=1S/C20H29N7O3S2/c21-9-12-31(28)17-6-5-16(18(20(22)26-27-23)19(17)32(24,29)30)15-3-1-13(2-4-15)14-7-10-25-11-8-14/h1-6,14,25,27H,7-12,21,23H2,(H2,22,26)(H2,24,29,30). The summed E-state index contributed by atoms with van der Waals surface area (Å²) in [4.78, 5) is -0.320. The third-order valence-corrected chi connectivity index (χ3v) is 7.99. The van der Waals surface area contributed by atoms with Gasteiger partial charge in [-0.2, -0.15) is 0 Å². The van der Waals surface area contributed by atoms with Gasteiger partial charge in [0, 0.05) is 17.9 Å². The first-order valence-corrected chi connectivity index (χ1v) is 13.0. The summed E-state index contributed by atoms with van der Waals surface area (Å²) >= 11 is 0. The summed E-state index contributed by atoms with van der Waals surface area (Å²) < 4.78 is 37.9. The van der Waals surface area contributed by atoms with Gasteiger partial charge in [-0.3, -0.25) is 4.21 Å². The molecular formula is C20H29N7O3S2. The van der Waals surface area contributed by atoms with Gasteiger partial charge in [0.2, 0.25) is 10.0 Å². The molecule has 174 valence electrons. The highest BCUT2D eigenvalue weighted by molar-refractivity contribution is 7.91. The van der Waals surface area contributed by atoms with E-state index >= 15 is 0 Å². The van der Waals surface area contributed by atoms with E-state index in [1.165, 1.54) is 11.6 Å². The van der Waals surface area contributed by atoms with E-state index < -0.39 is 20.8 Å². The molecule has 10 nitrogen and oxygen atoms in total. The molecule has 1 unspecified atom stereocenters. The Hall–Kier alpha value is -2.35. The van der Waals surface area contributed by atoms with E-state index in [4.69, 9.17) is 22.4 Å². The van der Waals surface area contributed by atoms with Crippen LogP contribution in [0.2, 0.25) is 0 Å². The molecule has 0 saturated carbocycles. The number of hydrogen-bond donors (Lipinski definition) is 6. The fraction of sp³-hybridized carbons (Fsp3) is 0.350. The van der Waals surface area contributed by atoms with E-state index in [1.807, 2.05) is 24.3 Å². The Morgan fingerprint density at radius 1 is 1.16 bits per heavy atom. The summed E-state index contributed by atoms with van der Waals surface area (Å²) in [5.41, 5.74) is 16.1. The number of primary sulfonamides is 1. The molecule has 2 aromatic rings. The molecule has 1 fully saturated rings. The van der Waals surface area contributed by atoms with Gasteiger partial charge in [0.1, 0.15) is 4.90 Å². The van der Waals surface area contributed by atoms with Crippen molar-refractivity contribution in [1.82, 2.24) is 10.9 Å². The second-order valence-electron chi connectivity index (χ2n) is 7.47. The average Bonchev–Trinajstić information content (AvgIpc) is 2.78. The van der Waals surface area contributed by atoms with Gasteiger partial charge in [0.15, 0.2) is 5.84 Å². The molecule has 0 radical (unpaired) electrons. The molecule has 0 aliphatic carbocycles. The molecule has 0 spiro atoms. The van der Waals surface area contributed by atoms with Crippen molar-refractivity contribution in [3.05, 3.63) is 47.5 Å². The molecule has 2 aromatic carbocycles. The Labute approximate surface area is 190 Å². The predicted octanol–water partition coefficient (Wildman–Crippen LogP) is -0.382. The van der Waals surface area contributed by atoms with Crippen LogP contribution in [0.5, 0.6) is 0 Å². The first kappa shape index (κ1) is 24.3. The highest BCUT2D eigenvalue weighted by Crippen LogP contribution is 2.34. The zero-order chi connectivity index (χ0) is 23.3. The van der Waals surface area contributed by atoms with E-state index in [2.05, 4.69) is 16.0 Å². The monoisotopic (exact) mass is 479 g/mol. The first-order valence-electron chi connectivity index (χ1n) is 10.2. The molecule has 1 aliphatic rings. The largest absolute Gasteiger partial charge is 0.382 e. The average molecular weight is 480 g/mol. The minimum absolute atomic E-state index is 0.0261. The summed E-state index contributed by atoms with van der Waals surface area (Å²) in [5, 5.41) is 12.7. The van der Waals surface area contributed by atoms with Crippen LogP contribution in [0.1, 0.15) is 29.9 Å². The number of amidine groups is 1. The van der Waals surface area contributed by atoms with Crippen LogP contribution < -0.4 is 33.3 Å². The van der Waals surface area contributed by atoms with Gasteiger partial charge in [0.25, 0.3) is 0 Å². The predicted molar refractivity (Wildman–Crippen MR) is 126 cm³/mol. The highest BCUT2D eigenvalue weighted by Gasteiger charge is 2.28. The Morgan fingerprint density at radius 3 is 2.38 bits per heavy atom. The van der Waals surface area contributed by atoms with Gasteiger partial charge in [-0.05, 0) is 54.6 Å². The summed E-state index contributed by atoms with van der Waals surface area (Å²) in [5.74, 6) is 5.63. The second-order valence-corrected chi connectivity index (χ2v) is 10.5. The topological polar surface area (TPSA) is 192 Å². The lowest BCUT2D eigenvalue weighted by Gasteiger charge is -2.23.